The Labute approximate surface area is 138 Å². The summed E-state index contributed by atoms with van der Waals surface area (Å²) in [6.07, 6.45) is 2.62. The Bertz CT molecular complexity index is 656. The van der Waals surface area contributed by atoms with Crippen LogP contribution in [0.1, 0.15) is 30.9 Å². The number of carbonyl (C=O) groups is 1. The van der Waals surface area contributed by atoms with Gasteiger partial charge in [-0.15, -0.1) is 0 Å². The summed E-state index contributed by atoms with van der Waals surface area (Å²) >= 11 is 0. The molecule has 0 amide bonds. The van der Waals surface area contributed by atoms with Crippen LogP contribution in [0, 0.1) is 12.8 Å². The fraction of sp³-hybridized carbons (Fsp3) is 0.471. The number of esters is 1. The predicted molar refractivity (Wildman–Crippen MR) is 90.1 cm³/mol. The van der Waals surface area contributed by atoms with E-state index in [-0.39, 0.29) is 11.9 Å². The lowest BCUT2D eigenvalue weighted by Gasteiger charge is -2.29. The first-order valence-electron chi connectivity index (χ1n) is 7.84. The van der Waals surface area contributed by atoms with Gasteiger partial charge < -0.3 is 4.74 Å². The van der Waals surface area contributed by atoms with Crippen LogP contribution in [0.5, 0.6) is 0 Å². The van der Waals surface area contributed by atoms with Crippen LogP contribution in [0.25, 0.3) is 6.08 Å². The molecule has 0 atom stereocenters. The van der Waals surface area contributed by atoms with Crippen molar-refractivity contribution in [2.75, 3.05) is 19.7 Å². The molecule has 0 radical (unpaired) electrons. The minimum atomic E-state index is -3.45. The second kappa shape index (κ2) is 7.75. The van der Waals surface area contributed by atoms with Crippen molar-refractivity contribution in [2.45, 2.75) is 26.7 Å². The fourth-order valence-electron chi connectivity index (χ4n) is 2.53. The maximum Gasteiger partial charge on any atom is 0.309 e. The Morgan fingerprint density at radius 3 is 2.43 bits per heavy atom. The van der Waals surface area contributed by atoms with E-state index in [9.17, 15) is 13.2 Å². The molecule has 0 aliphatic carbocycles. The van der Waals surface area contributed by atoms with Gasteiger partial charge in [-0.3, -0.25) is 4.79 Å². The summed E-state index contributed by atoms with van der Waals surface area (Å²) in [7, 11) is -3.45. The number of aryl methyl sites for hydroxylation is 1. The van der Waals surface area contributed by atoms with E-state index in [1.54, 1.807) is 13.0 Å². The van der Waals surface area contributed by atoms with Crippen molar-refractivity contribution in [1.82, 2.24) is 4.31 Å². The molecule has 1 aliphatic rings. The van der Waals surface area contributed by atoms with Crippen molar-refractivity contribution in [1.29, 1.82) is 0 Å². The first-order chi connectivity index (χ1) is 10.9. The first-order valence-corrected chi connectivity index (χ1v) is 9.34. The van der Waals surface area contributed by atoms with Crippen molar-refractivity contribution in [3.05, 3.63) is 40.8 Å². The van der Waals surface area contributed by atoms with Crippen molar-refractivity contribution in [2.24, 2.45) is 5.92 Å². The minimum Gasteiger partial charge on any atom is -0.466 e. The lowest BCUT2D eigenvalue weighted by Crippen LogP contribution is -2.39. The van der Waals surface area contributed by atoms with Gasteiger partial charge in [0.2, 0.25) is 10.0 Å². The van der Waals surface area contributed by atoms with Crippen LogP contribution in [-0.2, 0) is 19.6 Å². The Balaban J connectivity index is 1.96. The van der Waals surface area contributed by atoms with Crippen LogP contribution in [-0.4, -0.2) is 38.4 Å². The molecule has 0 N–H and O–H groups in total. The molecule has 1 saturated heterocycles. The fourth-order valence-corrected chi connectivity index (χ4v) is 3.76. The van der Waals surface area contributed by atoms with Crippen LogP contribution in [0.3, 0.4) is 0 Å². The topological polar surface area (TPSA) is 63.7 Å². The average molecular weight is 337 g/mol. The molecule has 0 saturated carbocycles. The largest absolute Gasteiger partial charge is 0.466 e. The molecule has 5 nitrogen and oxygen atoms in total. The number of piperidine rings is 1. The number of hydrogen-bond donors (Lipinski definition) is 0. The Morgan fingerprint density at radius 1 is 1.26 bits per heavy atom. The first kappa shape index (κ1) is 17.7. The Kier molecular flexibility index (Phi) is 5.96. The molecular weight excluding hydrogens is 314 g/mol. The second-order valence-corrected chi connectivity index (χ2v) is 7.50. The van der Waals surface area contributed by atoms with Gasteiger partial charge in [0, 0.05) is 18.5 Å². The Hall–Kier alpha value is -1.66. The second-order valence-electron chi connectivity index (χ2n) is 5.68. The summed E-state index contributed by atoms with van der Waals surface area (Å²) in [5, 5.41) is 1.24. The molecule has 0 aromatic heterocycles. The van der Waals surface area contributed by atoms with E-state index in [1.807, 2.05) is 31.2 Å². The molecule has 0 bridgehead atoms. The van der Waals surface area contributed by atoms with Gasteiger partial charge in [-0.25, -0.2) is 8.42 Å². The Morgan fingerprint density at radius 2 is 1.87 bits per heavy atom. The molecule has 6 heteroatoms. The van der Waals surface area contributed by atoms with Gasteiger partial charge in [-0.05, 0) is 38.3 Å². The van der Waals surface area contributed by atoms with Crippen LogP contribution in [0.4, 0.5) is 0 Å². The highest BCUT2D eigenvalue weighted by Gasteiger charge is 2.30. The van der Waals surface area contributed by atoms with E-state index in [2.05, 4.69) is 0 Å². The minimum absolute atomic E-state index is 0.192. The van der Waals surface area contributed by atoms with Gasteiger partial charge >= 0.3 is 5.97 Å². The zero-order chi connectivity index (χ0) is 16.9. The van der Waals surface area contributed by atoms with Crippen molar-refractivity contribution >= 4 is 22.1 Å². The predicted octanol–water partition coefficient (Wildman–Crippen LogP) is 2.57. The summed E-state index contributed by atoms with van der Waals surface area (Å²) in [6, 6.07) is 7.65. The van der Waals surface area contributed by atoms with Crippen LogP contribution >= 0.6 is 0 Å². The molecular formula is C17H23NO4S. The summed E-state index contributed by atoms with van der Waals surface area (Å²) in [5.74, 6) is -0.415. The molecule has 1 aliphatic heterocycles. The standard InChI is InChI=1S/C17H23NO4S/c1-3-22-17(19)16-8-11-18(12-9-16)23(20,21)13-10-15-6-4-14(2)5-7-15/h4-7,10,13,16H,3,8-9,11-12H2,1-2H3/b13-10+. The van der Waals surface area contributed by atoms with E-state index >= 15 is 0 Å². The maximum absolute atomic E-state index is 12.4. The quantitative estimate of drug-likeness (QED) is 0.775. The lowest BCUT2D eigenvalue weighted by molar-refractivity contribution is -0.149. The van der Waals surface area contributed by atoms with Gasteiger partial charge in [0.05, 0.1) is 12.5 Å². The lowest BCUT2D eigenvalue weighted by atomic mass is 9.98. The summed E-state index contributed by atoms with van der Waals surface area (Å²) in [6.45, 7) is 4.82. The maximum atomic E-state index is 12.4. The van der Waals surface area contributed by atoms with E-state index in [0.29, 0.717) is 32.5 Å². The SMILES string of the molecule is CCOC(=O)C1CCN(S(=O)(=O)/C=C/c2ccc(C)cc2)CC1. The van der Waals surface area contributed by atoms with Gasteiger partial charge in [0.15, 0.2) is 0 Å². The number of carbonyl (C=O) groups excluding carboxylic acids is 1. The van der Waals surface area contributed by atoms with Crippen LogP contribution in [0.2, 0.25) is 0 Å². The summed E-state index contributed by atoms with van der Waals surface area (Å²) in [5.41, 5.74) is 1.98. The van der Waals surface area contributed by atoms with Gasteiger partial charge in [-0.1, -0.05) is 29.8 Å². The third-order valence-corrected chi connectivity index (χ3v) is 5.51. The smallest absolute Gasteiger partial charge is 0.309 e. The van der Waals surface area contributed by atoms with Gasteiger partial charge in [0.25, 0.3) is 0 Å². The number of sulfonamides is 1. The molecule has 126 valence electrons. The van der Waals surface area contributed by atoms with Crippen LogP contribution in [0.15, 0.2) is 29.7 Å². The number of hydrogen-bond acceptors (Lipinski definition) is 4. The highest BCUT2D eigenvalue weighted by molar-refractivity contribution is 7.92. The van der Waals surface area contributed by atoms with Gasteiger partial charge in [0.1, 0.15) is 0 Å². The molecule has 1 aromatic carbocycles. The highest BCUT2D eigenvalue weighted by Crippen LogP contribution is 2.22. The molecule has 23 heavy (non-hydrogen) atoms. The number of nitrogens with zero attached hydrogens (tertiary/aromatic N) is 1. The zero-order valence-corrected chi connectivity index (χ0v) is 14.4. The highest BCUT2D eigenvalue weighted by atomic mass is 32.2. The summed E-state index contributed by atoms with van der Waals surface area (Å²) in [4.78, 5) is 11.7. The number of ether oxygens (including phenoxy) is 1. The normalized spacial score (nSPS) is 17.5. The van der Waals surface area contributed by atoms with Crippen molar-refractivity contribution in [3.63, 3.8) is 0 Å². The third kappa shape index (κ3) is 4.91. The molecule has 1 heterocycles. The monoisotopic (exact) mass is 337 g/mol. The van der Waals surface area contributed by atoms with Crippen molar-refractivity contribution < 1.29 is 17.9 Å². The number of rotatable bonds is 5. The van der Waals surface area contributed by atoms with Crippen molar-refractivity contribution in [3.8, 4) is 0 Å². The third-order valence-electron chi connectivity index (χ3n) is 3.94. The molecule has 1 fully saturated rings. The zero-order valence-electron chi connectivity index (χ0n) is 13.6. The van der Waals surface area contributed by atoms with E-state index in [1.165, 1.54) is 9.71 Å². The van der Waals surface area contributed by atoms with Gasteiger partial charge in [-0.2, -0.15) is 4.31 Å². The molecule has 0 unspecified atom stereocenters. The molecule has 1 aromatic rings. The number of benzene rings is 1. The molecule has 2 rings (SSSR count). The van der Waals surface area contributed by atoms with E-state index in [4.69, 9.17) is 4.74 Å². The van der Waals surface area contributed by atoms with E-state index < -0.39 is 10.0 Å². The van der Waals surface area contributed by atoms with E-state index in [0.717, 1.165) is 11.1 Å². The average Bonchev–Trinajstić information content (AvgIpc) is 2.55. The summed E-state index contributed by atoms with van der Waals surface area (Å²) < 4.78 is 31.1. The molecule has 0 spiro atoms. The van der Waals surface area contributed by atoms with Crippen LogP contribution < -0.4 is 0 Å².